The van der Waals surface area contributed by atoms with Crippen LogP contribution in [-0.2, 0) is 28.6 Å². The van der Waals surface area contributed by atoms with Gasteiger partial charge in [-0.2, -0.15) is 0 Å². The average Bonchev–Trinajstić information content (AvgIpc) is 3.45. The smallest absolute Gasteiger partial charge is 0.306 e. The van der Waals surface area contributed by atoms with Gasteiger partial charge in [-0.3, -0.25) is 14.4 Å². The lowest BCUT2D eigenvalue weighted by Gasteiger charge is -2.18. The monoisotopic (exact) mass is 1110 g/mol. The molecule has 0 radical (unpaired) electrons. The summed E-state index contributed by atoms with van der Waals surface area (Å²) in [5.74, 6) is -0.858. The Morgan fingerprint density at radius 2 is 0.456 bits per heavy atom. The highest BCUT2D eigenvalue weighted by Gasteiger charge is 2.19. The minimum Gasteiger partial charge on any atom is -0.462 e. The van der Waals surface area contributed by atoms with E-state index in [9.17, 15) is 14.4 Å². The van der Waals surface area contributed by atoms with E-state index in [0.717, 1.165) is 70.6 Å². The summed E-state index contributed by atoms with van der Waals surface area (Å²) >= 11 is 0. The first-order valence-electron chi connectivity index (χ1n) is 35.5. The Balaban J connectivity index is 4.21. The molecule has 6 nitrogen and oxygen atoms in total. The Bertz CT molecular complexity index is 1320. The van der Waals surface area contributed by atoms with Gasteiger partial charge in [-0.1, -0.05) is 333 Å². The first-order chi connectivity index (χ1) is 39.0. The van der Waals surface area contributed by atoms with Crippen LogP contribution in [0.15, 0.2) is 36.5 Å². The van der Waals surface area contributed by atoms with Gasteiger partial charge in [-0.25, -0.2) is 0 Å². The van der Waals surface area contributed by atoms with Gasteiger partial charge in [0, 0.05) is 19.3 Å². The van der Waals surface area contributed by atoms with Gasteiger partial charge in [0.05, 0.1) is 0 Å². The molecule has 0 aliphatic rings. The fourth-order valence-electron chi connectivity index (χ4n) is 10.8. The van der Waals surface area contributed by atoms with Gasteiger partial charge in [-0.05, 0) is 77.0 Å². The van der Waals surface area contributed by atoms with Crippen molar-refractivity contribution in [3.8, 4) is 0 Å². The molecule has 0 heterocycles. The highest BCUT2D eigenvalue weighted by atomic mass is 16.6. The summed E-state index contributed by atoms with van der Waals surface area (Å²) in [6.07, 6.45) is 84.6. The largest absolute Gasteiger partial charge is 0.462 e. The number of rotatable bonds is 66. The highest BCUT2D eigenvalue weighted by Crippen LogP contribution is 2.18. The van der Waals surface area contributed by atoms with Crippen molar-refractivity contribution in [3.05, 3.63) is 36.5 Å². The van der Waals surface area contributed by atoms with Crippen molar-refractivity contribution in [1.82, 2.24) is 0 Å². The van der Waals surface area contributed by atoms with E-state index in [2.05, 4.69) is 57.2 Å². The predicted octanol–water partition coefficient (Wildman–Crippen LogP) is 24.3. The number of allylic oxidation sites excluding steroid dienone is 6. The molecule has 0 aromatic carbocycles. The molecule has 0 aliphatic carbocycles. The molecule has 6 heteroatoms. The quantitative estimate of drug-likeness (QED) is 0.0261. The van der Waals surface area contributed by atoms with Crippen molar-refractivity contribution in [1.29, 1.82) is 0 Å². The number of unbranched alkanes of at least 4 members (excludes halogenated alkanes) is 49. The van der Waals surface area contributed by atoms with Gasteiger partial charge < -0.3 is 14.2 Å². The average molecular weight is 1110 g/mol. The van der Waals surface area contributed by atoms with E-state index in [1.54, 1.807) is 0 Å². The number of hydrogen-bond donors (Lipinski definition) is 0. The first-order valence-corrected chi connectivity index (χ1v) is 35.5. The Hall–Kier alpha value is -2.37. The van der Waals surface area contributed by atoms with Crippen molar-refractivity contribution in [3.63, 3.8) is 0 Å². The highest BCUT2D eigenvalue weighted by molar-refractivity contribution is 5.71. The van der Waals surface area contributed by atoms with E-state index in [4.69, 9.17) is 14.2 Å². The Labute approximate surface area is 493 Å². The number of carbonyl (C=O) groups excluding carboxylic acids is 3. The van der Waals surface area contributed by atoms with Gasteiger partial charge in [0.15, 0.2) is 6.10 Å². The summed E-state index contributed by atoms with van der Waals surface area (Å²) in [6, 6.07) is 0. The zero-order valence-electron chi connectivity index (χ0n) is 53.4. The van der Waals surface area contributed by atoms with E-state index in [-0.39, 0.29) is 31.1 Å². The maximum Gasteiger partial charge on any atom is 0.306 e. The van der Waals surface area contributed by atoms with Crippen LogP contribution in [0.5, 0.6) is 0 Å². The standard InChI is InChI=1S/C73H136O6/c1-4-7-10-13-16-19-22-25-27-29-31-33-34-35-36-37-38-40-41-43-45-48-51-54-57-60-63-66-72(75)78-69-70(68-77-71(74)65-62-59-56-53-50-47-24-21-18-15-12-9-6-3)79-73(76)67-64-61-58-55-52-49-46-44-42-39-32-30-28-26-23-20-17-14-11-8-5-2/h21,23-24,26,30,32,70H,4-20,22,25,27-29,31,33-69H2,1-3H3/b24-21-,26-23-,32-30-. The summed E-state index contributed by atoms with van der Waals surface area (Å²) in [5.41, 5.74) is 0. The van der Waals surface area contributed by atoms with Crippen molar-refractivity contribution < 1.29 is 28.6 Å². The Morgan fingerprint density at radius 1 is 0.253 bits per heavy atom. The molecule has 1 atom stereocenters. The second kappa shape index (κ2) is 68.1. The molecule has 0 amide bonds. The summed E-state index contributed by atoms with van der Waals surface area (Å²) < 4.78 is 17.0. The molecule has 0 bridgehead atoms. The van der Waals surface area contributed by atoms with Crippen molar-refractivity contribution >= 4 is 17.9 Å². The molecule has 464 valence electrons. The van der Waals surface area contributed by atoms with Crippen LogP contribution < -0.4 is 0 Å². The fraction of sp³-hybridized carbons (Fsp3) is 0.877. The molecule has 0 saturated heterocycles. The Kier molecular flexibility index (Phi) is 66.1. The zero-order valence-corrected chi connectivity index (χ0v) is 53.4. The molecule has 0 N–H and O–H groups in total. The normalized spacial score (nSPS) is 12.2. The van der Waals surface area contributed by atoms with Crippen LogP contribution in [0.4, 0.5) is 0 Å². The SMILES string of the molecule is CCCCCC/C=C\CCCCCCCC(=O)OCC(COC(=O)CCCCCCCCCCCCCCCCCCCCCCCCCCCCC)OC(=O)CCCCCCCCCCC/C=C\C/C=C\CCCCCCC. The molecule has 0 fully saturated rings. The lowest BCUT2D eigenvalue weighted by Crippen LogP contribution is -2.30. The van der Waals surface area contributed by atoms with Gasteiger partial charge in [0.25, 0.3) is 0 Å². The first kappa shape index (κ1) is 76.6. The number of ether oxygens (including phenoxy) is 3. The molecule has 79 heavy (non-hydrogen) atoms. The third-order valence-electron chi connectivity index (χ3n) is 16.1. The third-order valence-corrected chi connectivity index (χ3v) is 16.1. The minimum absolute atomic E-state index is 0.0719. The van der Waals surface area contributed by atoms with Gasteiger partial charge in [0.2, 0.25) is 0 Å². The second-order valence-electron chi connectivity index (χ2n) is 24.1. The molecule has 0 saturated carbocycles. The molecule has 0 aliphatic heterocycles. The summed E-state index contributed by atoms with van der Waals surface area (Å²) in [4.78, 5) is 38.4. The molecule has 0 aromatic rings. The third kappa shape index (κ3) is 66.3. The van der Waals surface area contributed by atoms with Crippen LogP contribution in [-0.4, -0.2) is 37.2 Å². The maximum absolute atomic E-state index is 12.9. The molecular weight excluding hydrogens is 973 g/mol. The Morgan fingerprint density at radius 3 is 0.722 bits per heavy atom. The molecule has 0 aromatic heterocycles. The predicted molar refractivity (Wildman–Crippen MR) is 344 cm³/mol. The van der Waals surface area contributed by atoms with E-state index < -0.39 is 6.10 Å². The van der Waals surface area contributed by atoms with Crippen LogP contribution in [0, 0.1) is 0 Å². The van der Waals surface area contributed by atoms with Crippen molar-refractivity contribution in [2.75, 3.05) is 13.2 Å². The van der Waals surface area contributed by atoms with E-state index in [1.807, 2.05) is 0 Å². The zero-order chi connectivity index (χ0) is 57.1. The van der Waals surface area contributed by atoms with E-state index in [1.165, 1.54) is 283 Å². The lowest BCUT2D eigenvalue weighted by atomic mass is 10.0. The van der Waals surface area contributed by atoms with Crippen LogP contribution in [0.1, 0.15) is 393 Å². The number of hydrogen-bond acceptors (Lipinski definition) is 6. The lowest BCUT2D eigenvalue weighted by molar-refractivity contribution is -0.167. The van der Waals surface area contributed by atoms with Crippen LogP contribution >= 0.6 is 0 Å². The van der Waals surface area contributed by atoms with E-state index in [0.29, 0.717) is 19.3 Å². The summed E-state index contributed by atoms with van der Waals surface area (Å²) in [6.45, 7) is 6.68. The van der Waals surface area contributed by atoms with Gasteiger partial charge >= 0.3 is 17.9 Å². The summed E-state index contributed by atoms with van der Waals surface area (Å²) in [7, 11) is 0. The van der Waals surface area contributed by atoms with Crippen LogP contribution in [0.3, 0.4) is 0 Å². The van der Waals surface area contributed by atoms with Crippen LogP contribution in [0.2, 0.25) is 0 Å². The summed E-state index contributed by atoms with van der Waals surface area (Å²) in [5, 5.41) is 0. The molecule has 0 rings (SSSR count). The second-order valence-corrected chi connectivity index (χ2v) is 24.1. The molecular formula is C73H136O6. The van der Waals surface area contributed by atoms with Crippen LogP contribution in [0.25, 0.3) is 0 Å². The number of carbonyl (C=O) groups is 3. The van der Waals surface area contributed by atoms with E-state index >= 15 is 0 Å². The van der Waals surface area contributed by atoms with Gasteiger partial charge in [0.1, 0.15) is 13.2 Å². The molecule has 0 spiro atoms. The van der Waals surface area contributed by atoms with Crippen molar-refractivity contribution in [2.45, 2.75) is 399 Å². The fourth-order valence-corrected chi connectivity index (χ4v) is 10.8. The number of esters is 3. The van der Waals surface area contributed by atoms with Crippen molar-refractivity contribution in [2.24, 2.45) is 0 Å². The van der Waals surface area contributed by atoms with Gasteiger partial charge in [-0.15, -0.1) is 0 Å². The topological polar surface area (TPSA) is 78.9 Å². The molecule has 1 unspecified atom stereocenters. The maximum atomic E-state index is 12.9. The minimum atomic E-state index is -0.777.